The second-order valence-electron chi connectivity index (χ2n) is 4.59. The molecule has 0 spiro atoms. The number of carbonyl (C=O) groups is 2. The van der Waals surface area contributed by atoms with Crippen LogP contribution in [-0.4, -0.2) is 19.4 Å². The molecule has 7 heteroatoms. The van der Waals surface area contributed by atoms with Gasteiger partial charge in [0.2, 0.25) is 12.2 Å². The quantitative estimate of drug-likeness (QED) is 0.707. The number of anilines is 1. The van der Waals surface area contributed by atoms with E-state index in [0.29, 0.717) is 22.4 Å². The number of halogens is 1. The predicted molar refractivity (Wildman–Crippen MR) is 92.4 cm³/mol. The van der Waals surface area contributed by atoms with E-state index in [1.54, 1.807) is 25.3 Å². The van der Waals surface area contributed by atoms with Crippen molar-refractivity contribution in [2.75, 3.05) is 12.4 Å². The number of nitrogens with two attached hydrogens (primary N) is 1. The Hall–Kier alpha value is -2.99. The normalized spacial score (nSPS) is 9.75. The Morgan fingerprint density at radius 1 is 1.25 bits per heavy atom. The van der Waals surface area contributed by atoms with E-state index >= 15 is 0 Å². The maximum Gasteiger partial charge on any atom is 0.286 e. The largest absolute Gasteiger partial charge is 0.497 e. The monoisotopic (exact) mass is 346 g/mol. The highest BCUT2D eigenvalue weighted by molar-refractivity contribution is 6.31. The lowest BCUT2D eigenvalue weighted by Crippen LogP contribution is -2.12. The fraction of sp³-hybridized carbons (Fsp3) is 0.0588. The molecule has 2 aromatic carbocycles. The molecule has 0 aliphatic rings. The maximum absolute atomic E-state index is 11.1. The standard InChI is InChI=1S/C10H7ClN2O3.C7H8O/c11-5-1-2-7-6(3-5)8(13-4-14)9(16-7)10(12)15;1-8-7-5-3-2-4-6-7/h1-4H,(H2,12,15)(H,13,14);2-6H,1H3. The Morgan fingerprint density at radius 3 is 2.50 bits per heavy atom. The van der Waals surface area contributed by atoms with Crippen molar-refractivity contribution in [1.82, 2.24) is 0 Å². The number of carbonyl (C=O) groups excluding carboxylic acids is 2. The van der Waals surface area contributed by atoms with Crippen LogP contribution in [0.5, 0.6) is 5.75 Å². The predicted octanol–water partition coefficient (Wildman–Crippen LogP) is 3.45. The summed E-state index contributed by atoms with van der Waals surface area (Å²) >= 11 is 5.81. The van der Waals surface area contributed by atoms with Gasteiger partial charge in [0.1, 0.15) is 17.0 Å². The van der Waals surface area contributed by atoms with Gasteiger partial charge in [0.05, 0.1) is 7.11 Å². The van der Waals surface area contributed by atoms with Crippen molar-refractivity contribution in [1.29, 1.82) is 0 Å². The first kappa shape index (κ1) is 17.4. The van der Waals surface area contributed by atoms with Gasteiger partial charge in [0, 0.05) is 10.4 Å². The van der Waals surface area contributed by atoms with Gasteiger partial charge in [-0.1, -0.05) is 29.8 Å². The lowest BCUT2D eigenvalue weighted by Gasteiger charge is -1.96. The van der Waals surface area contributed by atoms with E-state index < -0.39 is 5.91 Å². The number of furan rings is 1. The van der Waals surface area contributed by atoms with E-state index in [9.17, 15) is 9.59 Å². The highest BCUT2D eigenvalue weighted by Gasteiger charge is 2.18. The fourth-order valence-corrected chi connectivity index (χ4v) is 2.17. The van der Waals surface area contributed by atoms with Crippen molar-refractivity contribution < 1.29 is 18.7 Å². The Labute approximate surface area is 143 Å². The highest BCUT2D eigenvalue weighted by Crippen LogP contribution is 2.32. The third-order valence-electron chi connectivity index (χ3n) is 3.06. The molecule has 124 valence electrons. The van der Waals surface area contributed by atoms with Crippen LogP contribution in [0.2, 0.25) is 5.02 Å². The average Bonchev–Trinajstić information content (AvgIpc) is 2.95. The lowest BCUT2D eigenvalue weighted by molar-refractivity contribution is -0.105. The van der Waals surface area contributed by atoms with Gasteiger partial charge in [-0.3, -0.25) is 9.59 Å². The molecule has 0 unspecified atom stereocenters. The van der Waals surface area contributed by atoms with Crippen LogP contribution in [0.3, 0.4) is 0 Å². The van der Waals surface area contributed by atoms with Crippen LogP contribution in [0, 0.1) is 0 Å². The van der Waals surface area contributed by atoms with Gasteiger partial charge in [-0.05, 0) is 30.3 Å². The minimum atomic E-state index is -0.753. The van der Waals surface area contributed by atoms with Crippen molar-refractivity contribution in [3.8, 4) is 5.75 Å². The van der Waals surface area contributed by atoms with Gasteiger partial charge in [-0.25, -0.2) is 0 Å². The summed E-state index contributed by atoms with van der Waals surface area (Å²) in [7, 11) is 1.66. The molecule has 1 aromatic heterocycles. The summed E-state index contributed by atoms with van der Waals surface area (Å²) in [6.07, 6.45) is 0.442. The lowest BCUT2D eigenvalue weighted by atomic mass is 10.2. The van der Waals surface area contributed by atoms with Crippen LogP contribution in [0.4, 0.5) is 5.69 Å². The third kappa shape index (κ3) is 4.05. The van der Waals surface area contributed by atoms with E-state index in [-0.39, 0.29) is 11.4 Å². The number of ether oxygens (including phenoxy) is 1. The number of hydrogen-bond donors (Lipinski definition) is 2. The molecule has 0 bridgehead atoms. The minimum Gasteiger partial charge on any atom is -0.497 e. The molecular formula is C17H15ClN2O4. The highest BCUT2D eigenvalue weighted by atomic mass is 35.5. The number of benzene rings is 2. The number of para-hydroxylation sites is 1. The van der Waals surface area contributed by atoms with Gasteiger partial charge in [-0.15, -0.1) is 0 Å². The number of hydrogen-bond acceptors (Lipinski definition) is 4. The van der Waals surface area contributed by atoms with Crippen LogP contribution in [0.15, 0.2) is 52.9 Å². The van der Waals surface area contributed by atoms with Crippen molar-refractivity contribution in [3.05, 3.63) is 59.3 Å². The zero-order valence-corrected chi connectivity index (χ0v) is 13.5. The van der Waals surface area contributed by atoms with Gasteiger partial charge in [-0.2, -0.15) is 0 Å². The molecular weight excluding hydrogens is 332 g/mol. The first-order valence-electron chi connectivity index (χ1n) is 6.88. The number of primary amides is 1. The molecule has 0 aliphatic heterocycles. The summed E-state index contributed by atoms with van der Waals surface area (Å²) in [5, 5.41) is 3.38. The number of amides is 2. The molecule has 3 aromatic rings. The summed E-state index contributed by atoms with van der Waals surface area (Å²) in [6, 6.07) is 14.5. The van der Waals surface area contributed by atoms with Crippen LogP contribution < -0.4 is 15.8 Å². The van der Waals surface area contributed by atoms with Gasteiger partial charge >= 0.3 is 0 Å². The van der Waals surface area contributed by atoms with E-state index in [2.05, 4.69) is 5.32 Å². The maximum atomic E-state index is 11.1. The summed E-state index contributed by atoms with van der Waals surface area (Å²) in [5.41, 5.74) is 5.79. The molecule has 0 saturated carbocycles. The smallest absolute Gasteiger partial charge is 0.286 e. The Bertz CT molecular complexity index is 846. The van der Waals surface area contributed by atoms with E-state index in [4.69, 9.17) is 26.5 Å². The fourth-order valence-electron chi connectivity index (χ4n) is 2.00. The zero-order valence-electron chi connectivity index (χ0n) is 12.8. The minimum absolute atomic E-state index is 0.0932. The van der Waals surface area contributed by atoms with Gasteiger partial charge in [0.15, 0.2) is 0 Å². The molecule has 0 atom stereocenters. The van der Waals surface area contributed by atoms with Crippen molar-refractivity contribution >= 4 is 40.6 Å². The number of methoxy groups -OCH3 is 1. The van der Waals surface area contributed by atoms with Gasteiger partial charge < -0.3 is 20.2 Å². The zero-order chi connectivity index (χ0) is 17.5. The molecule has 1 heterocycles. The number of nitrogens with one attached hydrogen (secondary N) is 1. The first-order valence-corrected chi connectivity index (χ1v) is 7.25. The van der Waals surface area contributed by atoms with E-state index in [0.717, 1.165) is 5.75 Å². The molecule has 0 saturated heterocycles. The topological polar surface area (TPSA) is 94.6 Å². The number of rotatable bonds is 4. The Morgan fingerprint density at radius 2 is 1.96 bits per heavy atom. The van der Waals surface area contributed by atoms with Crippen LogP contribution in [0.25, 0.3) is 11.0 Å². The van der Waals surface area contributed by atoms with Crippen LogP contribution >= 0.6 is 11.6 Å². The van der Waals surface area contributed by atoms with Crippen molar-refractivity contribution in [2.45, 2.75) is 0 Å². The molecule has 0 fully saturated rings. The SMILES string of the molecule is COc1ccccc1.NC(=O)c1oc2ccc(Cl)cc2c1NC=O. The van der Waals surface area contributed by atoms with Crippen LogP contribution in [-0.2, 0) is 4.79 Å². The molecule has 2 amide bonds. The summed E-state index contributed by atoms with van der Waals surface area (Å²) < 4.78 is 10.1. The molecule has 0 aliphatic carbocycles. The first-order chi connectivity index (χ1) is 11.6. The second kappa shape index (κ2) is 8.03. The van der Waals surface area contributed by atoms with E-state index in [1.807, 2.05) is 30.3 Å². The molecule has 3 N–H and O–H groups in total. The number of fused-ring (bicyclic) bond motifs is 1. The molecule has 3 rings (SSSR count). The van der Waals surface area contributed by atoms with Crippen LogP contribution in [0.1, 0.15) is 10.6 Å². The Balaban J connectivity index is 0.000000219. The summed E-state index contributed by atoms with van der Waals surface area (Å²) in [4.78, 5) is 21.5. The molecule has 6 nitrogen and oxygen atoms in total. The average molecular weight is 347 g/mol. The molecule has 0 radical (unpaired) electrons. The third-order valence-corrected chi connectivity index (χ3v) is 3.29. The molecule has 24 heavy (non-hydrogen) atoms. The van der Waals surface area contributed by atoms with Gasteiger partial charge in [0.25, 0.3) is 5.91 Å². The summed E-state index contributed by atoms with van der Waals surface area (Å²) in [5.74, 6) is 0.0635. The van der Waals surface area contributed by atoms with Crippen molar-refractivity contribution in [2.24, 2.45) is 5.73 Å². The van der Waals surface area contributed by atoms with Crippen molar-refractivity contribution in [3.63, 3.8) is 0 Å². The Kier molecular flexibility index (Phi) is 5.81. The van der Waals surface area contributed by atoms with E-state index in [1.165, 1.54) is 0 Å². The summed E-state index contributed by atoms with van der Waals surface area (Å²) in [6.45, 7) is 0. The second-order valence-corrected chi connectivity index (χ2v) is 5.03.